The fourth-order valence-electron chi connectivity index (χ4n) is 1.59. The van der Waals surface area contributed by atoms with Gasteiger partial charge in [-0.15, -0.1) is 0 Å². The van der Waals surface area contributed by atoms with Crippen LogP contribution in [0.1, 0.15) is 17.4 Å². The number of rotatable bonds is 4. The van der Waals surface area contributed by atoms with Crippen LogP contribution in [0.3, 0.4) is 0 Å². The first-order valence-corrected chi connectivity index (χ1v) is 5.98. The van der Waals surface area contributed by atoms with Gasteiger partial charge in [-0.05, 0) is 28.1 Å². The first-order valence-electron chi connectivity index (χ1n) is 5.19. The average molecular weight is 310 g/mol. The standard InChI is InChI=1S/C11H12BrN5O/c1-18-11-10(15-5-6-16-11)9(17-13)8-7(12)3-2-4-14-8/h2-6,9,17H,13H2,1H3. The maximum absolute atomic E-state index is 5.60. The van der Waals surface area contributed by atoms with Gasteiger partial charge in [-0.3, -0.25) is 15.8 Å². The number of hydrogen-bond acceptors (Lipinski definition) is 6. The summed E-state index contributed by atoms with van der Waals surface area (Å²) in [6.07, 6.45) is 4.83. The van der Waals surface area contributed by atoms with Gasteiger partial charge in [0.2, 0.25) is 5.88 Å². The Hall–Kier alpha value is -1.57. The summed E-state index contributed by atoms with van der Waals surface area (Å²) in [6.45, 7) is 0. The van der Waals surface area contributed by atoms with Crippen LogP contribution in [0.15, 0.2) is 35.2 Å². The Labute approximate surface area is 113 Å². The van der Waals surface area contributed by atoms with E-state index in [0.29, 0.717) is 11.6 Å². The van der Waals surface area contributed by atoms with Crippen LogP contribution in [-0.2, 0) is 0 Å². The number of halogens is 1. The summed E-state index contributed by atoms with van der Waals surface area (Å²) in [5.74, 6) is 6.01. The fraction of sp³-hybridized carbons (Fsp3) is 0.182. The first-order chi connectivity index (χ1) is 8.77. The van der Waals surface area contributed by atoms with Crippen molar-refractivity contribution >= 4 is 15.9 Å². The van der Waals surface area contributed by atoms with Crippen LogP contribution in [0, 0.1) is 0 Å². The van der Waals surface area contributed by atoms with E-state index in [0.717, 1.165) is 10.2 Å². The lowest BCUT2D eigenvalue weighted by Gasteiger charge is -2.17. The van der Waals surface area contributed by atoms with Gasteiger partial charge in [0.1, 0.15) is 11.7 Å². The van der Waals surface area contributed by atoms with E-state index in [-0.39, 0.29) is 0 Å². The summed E-state index contributed by atoms with van der Waals surface area (Å²) >= 11 is 3.43. The summed E-state index contributed by atoms with van der Waals surface area (Å²) in [5, 5.41) is 0. The summed E-state index contributed by atoms with van der Waals surface area (Å²) in [6, 6.07) is 3.31. The molecule has 2 heterocycles. The quantitative estimate of drug-likeness (QED) is 0.652. The molecule has 7 heteroatoms. The molecule has 6 nitrogen and oxygen atoms in total. The third kappa shape index (κ3) is 2.47. The normalized spacial score (nSPS) is 12.2. The van der Waals surface area contributed by atoms with Crippen molar-refractivity contribution in [1.29, 1.82) is 0 Å². The Morgan fingerprint density at radius 3 is 2.61 bits per heavy atom. The molecule has 0 aromatic carbocycles. The Morgan fingerprint density at radius 1 is 1.22 bits per heavy atom. The number of pyridine rings is 1. The van der Waals surface area contributed by atoms with Crippen LogP contribution in [0.2, 0.25) is 0 Å². The van der Waals surface area contributed by atoms with E-state index in [9.17, 15) is 0 Å². The van der Waals surface area contributed by atoms with Crippen molar-refractivity contribution in [2.24, 2.45) is 5.84 Å². The molecule has 0 aliphatic carbocycles. The zero-order valence-electron chi connectivity index (χ0n) is 9.67. The van der Waals surface area contributed by atoms with Crippen molar-refractivity contribution in [3.8, 4) is 5.88 Å². The fourth-order valence-corrected chi connectivity index (χ4v) is 2.07. The Kier molecular flexibility index (Phi) is 4.19. The maximum Gasteiger partial charge on any atom is 0.237 e. The van der Waals surface area contributed by atoms with Crippen molar-refractivity contribution in [1.82, 2.24) is 20.4 Å². The van der Waals surface area contributed by atoms with Crippen LogP contribution >= 0.6 is 15.9 Å². The number of aromatic nitrogens is 3. The summed E-state index contributed by atoms with van der Waals surface area (Å²) in [7, 11) is 1.54. The lowest BCUT2D eigenvalue weighted by Crippen LogP contribution is -2.31. The SMILES string of the molecule is COc1nccnc1C(NN)c1ncccc1Br. The van der Waals surface area contributed by atoms with E-state index in [1.165, 1.54) is 7.11 Å². The van der Waals surface area contributed by atoms with Crippen molar-refractivity contribution in [2.75, 3.05) is 7.11 Å². The second-order valence-electron chi connectivity index (χ2n) is 3.42. The highest BCUT2D eigenvalue weighted by Crippen LogP contribution is 2.28. The van der Waals surface area contributed by atoms with Crippen LogP contribution in [0.5, 0.6) is 5.88 Å². The maximum atomic E-state index is 5.60. The minimum Gasteiger partial charge on any atom is -0.480 e. The molecule has 18 heavy (non-hydrogen) atoms. The number of hydrogen-bond donors (Lipinski definition) is 2. The number of nitrogens with two attached hydrogens (primary N) is 1. The molecule has 0 aliphatic rings. The summed E-state index contributed by atoms with van der Waals surface area (Å²) in [4.78, 5) is 12.6. The average Bonchev–Trinajstić information content (AvgIpc) is 2.42. The smallest absolute Gasteiger partial charge is 0.237 e. The van der Waals surface area contributed by atoms with Crippen LogP contribution < -0.4 is 16.0 Å². The van der Waals surface area contributed by atoms with E-state index < -0.39 is 6.04 Å². The van der Waals surface area contributed by atoms with E-state index in [1.807, 2.05) is 12.1 Å². The molecule has 0 aliphatic heterocycles. The summed E-state index contributed by atoms with van der Waals surface area (Å²) in [5.41, 5.74) is 3.98. The Balaban J connectivity index is 2.49. The topological polar surface area (TPSA) is 86.0 Å². The molecular weight excluding hydrogens is 298 g/mol. The van der Waals surface area contributed by atoms with Gasteiger partial charge in [-0.25, -0.2) is 10.4 Å². The molecule has 2 aromatic rings. The lowest BCUT2D eigenvalue weighted by molar-refractivity contribution is 0.382. The minimum atomic E-state index is -0.399. The van der Waals surface area contributed by atoms with Crippen molar-refractivity contribution in [2.45, 2.75) is 6.04 Å². The molecule has 0 amide bonds. The predicted molar refractivity (Wildman–Crippen MR) is 69.7 cm³/mol. The molecule has 94 valence electrons. The molecule has 0 spiro atoms. The molecular formula is C11H12BrN5O. The number of methoxy groups -OCH3 is 1. The van der Waals surface area contributed by atoms with Gasteiger partial charge in [0.25, 0.3) is 0 Å². The second-order valence-corrected chi connectivity index (χ2v) is 4.28. The molecule has 2 rings (SSSR count). The minimum absolute atomic E-state index is 0.399. The molecule has 0 fully saturated rings. The number of nitrogens with zero attached hydrogens (tertiary/aromatic N) is 3. The predicted octanol–water partition coefficient (Wildman–Crippen LogP) is 1.20. The third-order valence-electron chi connectivity index (χ3n) is 2.39. The molecule has 0 bridgehead atoms. The van der Waals surface area contributed by atoms with Gasteiger partial charge in [0.05, 0.1) is 12.8 Å². The zero-order valence-corrected chi connectivity index (χ0v) is 11.3. The largest absolute Gasteiger partial charge is 0.480 e. The molecule has 0 saturated carbocycles. The van der Waals surface area contributed by atoms with Crippen LogP contribution in [0.4, 0.5) is 0 Å². The molecule has 3 N–H and O–H groups in total. The van der Waals surface area contributed by atoms with Crippen LogP contribution in [-0.4, -0.2) is 22.1 Å². The molecule has 1 atom stereocenters. The molecule has 2 aromatic heterocycles. The molecule has 0 saturated heterocycles. The van der Waals surface area contributed by atoms with Crippen molar-refractivity contribution in [3.63, 3.8) is 0 Å². The van der Waals surface area contributed by atoms with Gasteiger partial charge in [0, 0.05) is 23.1 Å². The number of nitrogens with one attached hydrogen (secondary N) is 1. The first kappa shape index (κ1) is 12.9. The second kappa shape index (κ2) is 5.85. The lowest BCUT2D eigenvalue weighted by atomic mass is 10.1. The molecule has 0 radical (unpaired) electrons. The zero-order chi connectivity index (χ0) is 13.0. The van der Waals surface area contributed by atoms with E-state index in [1.54, 1.807) is 18.6 Å². The van der Waals surface area contributed by atoms with Crippen molar-refractivity contribution in [3.05, 3.63) is 46.6 Å². The van der Waals surface area contributed by atoms with Gasteiger partial charge in [-0.2, -0.15) is 0 Å². The monoisotopic (exact) mass is 309 g/mol. The number of ether oxygens (including phenoxy) is 1. The summed E-state index contributed by atoms with van der Waals surface area (Å²) < 4.78 is 6.01. The van der Waals surface area contributed by atoms with E-state index in [2.05, 4.69) is 36.3 Å². The Morgan fingerprint density at radius 2 is 1.94 bits per heavy atom. The van der Waals surface area contributed by atoms with E-state index in [4.69, 9.17) is 10.6 Å². The highest BCUT2D eigenvalue weighted by molar-refractivity contribution is 9.10. The van der Waals surface area contributed by atoms with Crippen molar-refractivity contribution < 1.29 is 4.74 Å². The highest BCUT2D eigenvalue weighted by Gasteiger charge is 2.22. The van der Waals surface area contributed by atoms with Gasteiger partial charge in [-0.1, -0.05) is 0 Å². The Bertz CT molecular complexity index is 536. The van der Waals surface area contributed by atoms with E-state index >= 15 is 0 Å². The number of hydrazine groups is 1. The molecule has 1 unspecified atom stereocenters. The van der Waals surface area contributed by atoms with Gasteiger partial charge < -0.3 is 4.74 Å². The van der Waals surface area contributed by atoms with Gasteiger partial charge in [0.15, 0.2) is 0 Å². The highest BCUT2D eigenvalue weighted by atomic mass is 79.9. The van der Waals surface area contributed by atoms with Crippen LogP contribution in [0.25, 0.3) is 0 Å². The third-order valence-corrected chi connectivity index (χ3v) is 3.06. The van der Waals surface area contributed by atoms with Gasteiger partial charge >= 0.3 is 0 Å².